The quantitative estimate of drug-likeness (QED) is 0.186. The zero-order valence-corrected chi connectivity index (χ0v) is 24.0. The molecule has 0 atom stereocenters. The van der Waals surface area contributed by atoms with Crippen molar-refractivity contribution in [3.8, 4) is 22.3 Å². The van der Waals surface area contributed by atoms with E-state index in [2.05, 4.69) is 158 Å². The summed E-state index contributed by atoms with van der Waals surface area (Å²) in [6.07, 6.45) is 0. The SMILES string of the molecule is c1ccc2cc(-c3ccc(-c4cc5ccc6cccc7c8cccc9ccc%10cccc(c(c4)c5c67)c%10c98)cc3)ccc2c1. The molecule has 0 N–H and O–H groups in total. The van der Waals surface area contributed by atoms with Crippen molar-refractivity contribution in [3.05, 3.63) is 158 Å². The third-order valence-electron chi connectivity index (χ3n) is 9.73. The van der Waals surface area contributed by atoms with Gasteiger partial charge < -0.3 is 0 Å². The fraction of sp³-hybridized carbons (Fsp3) is 0. The van der Waals surface area contributed by atoms with Crippen molar-refractivity contribution < 1.29 is 0 Å². The molecule has 0 amide bonds. The minimum Gasteiger partial charge on any atom is -0.0616 e. The number of hydrogen-bond donors (Lipinski definition) is 0. The highest BCUT2D eigenvalue weighted by atomic mass is 14.2. The Kier molecular flexibility index (Phi) is 4.81. The van der Waals surface area contributed by atoms with Gasteiger partial charge in [-0.1, -0.05) is 140 Å². The van der Waals surface area contributed by atoms with Gasteiger partial charge in [0.15, 0.2) is 0 Å². The van der Waals surface area contributed by atoms with Crippen molar-refractivity contribution >= 4 is 75.4 Å². The van der Waals surface area contributed by atoms with Crippen LogP contribution < -0.4 is 0 Å². The third kappa shape index (κ3) is 3.34. The number of hydrogen-bond acceptors (Lipinski definition) is 0. The maximum Gasteiger partial charge on any atom is -0.00199 e. The molecule has 0 nitrogen and oxygen atoms in total. The van der Waals surface area contributed by atoms with Gasteiger partial charge in [0, 0.05) is 0 Å². The van der Waals surface area contributed by atoms with E-state index in [4.69, 9.17) is 0 Å². The molecular formula is C44H26. The number of rotatable bonds is 2. The van der Waals surface area contributed by atoms with Crippen LogP contribution in [0.25, 0.3) is 97.7 Å². The van der Waals surface area contributed by atoms with Crippen LogP contribution in [0.1, 0.15) is 0 Å². The highest BCUT2D eigenvalue weighted by molar-refractivity contribution is 6.37. The van der Waals surface area contributed by atoms with Crippen LogP contribution in [0.15, 0.2) is 158 Å². The highest BCUT2D eigenvalue weighted by Crippen LogP contribution is 2.44. The lowest BCUT2D eigenvalue weighted by molar-refractivity contribution is 1.62. The summed E-state index contributed by atoms with van der Waals surface area (Å²) in [6.45, 7) is 0. The number of fused-ring (bicyclic) bond motifs is 3. The minimum atomic E-state index is 1.23. The van der Waals surface area contributed by atoms with Crippen molar-refractivity contribution in [2.24, 2.45) is 0 Å². The van der Waals surface area contributed by atoms with Crippen molar-refractivity contribution in [3.63, 3.8) is 0 Å². The Morgan fingerprint density at radius 1 is 0.205 bits per heavy atom. The second kappa shape index (κ2) is 8.89. The summed E-state index contributed by atoms with van der Waals surface area (Å²) in [4.78, 5) is 0. The first-order chi connectivity index (χ1) is 21.8. The van der Waals surface area contributed by atoms with Gasteiger partial charge in [-0.25, -0.2) is 0 Å². The zero-order valence-electron chi connectivity index (χ0n) is 24.0. The van der Waals surface area contributed by atoms with Gasteiger partial charge in [0.25, 0.3) is 0 Å². The summed E-state index contributed by atoms with van der Waals surface area (Å²) in [5.74, 6) is 0. The van der Waals surface area contributed by atoms with E-state index in [1.165, 1.54) is 97.7 Å². The van der Waals surface area contributed by atoms with Crippen molar-refractivity contribution in [2.75, 3.05) is 0 Å². The van der Waals surface area contributed by atoms with Gasteiger partial charge in [-0.2, -0.15) is 0 Å². The van der Waals surface area contributed by atoms with E-state index in [-0.39, 0.29) is 0 Å². The fourth-order valence-electron chi connectivity index (χ4n) is 7.67. The maximum atomic E-state index is 2.44. The number of benzene rings is 9. The Balaban J connectivity index is 1.29. The molecule has 0 aliphatic rings. The van der Waals surface area contributed by atoms with Crippen molar-refractivity contribution in [1.82, 2.24) is 0 Å². The molecule has 202 valence electrons. The normalized spacial score (nSPS) is 12.1. The largest absolute Gasteiger partial charge is 0.0616 e. The summed E-state index contributed by atoms with van der Waals surface area (Å²) in [7, 11) is 0. The van der Waals surface area contributed by atoms with E-state index in [1.807, 2.05) is 0 Å². The van der Waals surface area contributed by atoms with Gasteiger partial charge >= 0.3 is 0 Å². The minimum absolute atomic E-state index is 1.23. The third-order valence-corrected chi connectivity index (χ3v) is 9.73. The summed E-state index contributed by atoms with van der Waals surface area (Å²) in [5.41, 5.74) is 4.95. The second-order valence-corrected chi connectivity index (χ2v) is 12.1. The van der Waals surface area contributed by atoms with Crippen molar-refractivity contribution in [2.45, 2.75) is 0 Å². The molecular weight excluding hydrogens is 528 g/mol. The van der Waals surface area contributed by atoms with E-state index in [1.54, 1.807) is 0 Å². The summed E-state index contributed by atoms with van der Waals surface area (Å²) in [5, 5.41) is 18.3. The van der Waals surface area contributed by atoms with Crippen LogP contribution >= 0.6 is 0 Å². The average molecular weight is 555 g/mol. The van der Waals surface area contributed by atoms with Crippen LogP contribution in [0.2, 0.25) is 0 Å². The predicted octanol–water partition coefficient (Wildman–Crippen LogP) is 12.5. The summed E-state index contributed by atoms with van der Waals surface area (Å²) in [6, 6.07) is 58.7. The average Bonchev–Trinajstić information content (AvgIpc) is 3.09. The maximum absolute atomic E-state index is 2.44. The van der Waals surface area contributed by atoms with Gasteiger partial charge in [0.2, 0.25) is 0 Å². The molecule has 0 saturated carbocycles. The lowest BCUT2D eigenvalue weighted by Crippen LogP contribution is -1.89. The molecule has 0 fully saturated rings. The first-order valence-electron chi connectivity index (χ1n) is 15.3. The summed E-state index contributed by atoms with van der Waals surface area (Å²) >= 11 is 0. The van der Waals surface area contributed by atoms with Crippen LogP contribution in [-0.4, -0.2) is 0 Å². The van der Waals surface area contributed by atoms with Crippen LogP contribution in [0, 0.1) is 0 Å². The summed E-state index contributed by atoms with van der Waals surface area (Å²) < 4.78 is 0. The Morgan fingerprint density at radius 2 is 0.614 bits per heavy atom. The molecule has 0 aliphatic carbocycles. The monoisotopic (exact) mass is 554 g/mol. The van der Waals surface area contributed by atoms with Crippen LogP contribution in [0.3, 0.4) is 0 Å². The van der Waals surface area contributed by atoms with Gasteiger partial charge in [0.1, 0.15) is 0 Å². The Morgan fingerprint density at radius 3 is 1.23 bits per heavy atom. The van der Waals surface area contributed by atoms with E-state index >= 15 is 0 Å². The van der Waals surface area contributed by atoms with Crippen molar-refractivity contribution in [1.29, 1.82) is 0 Å². The van der Waals surface area contributed by atoms with Gasteiger partial charge in [-0.15, -0.1) is 0 Å². The molecule has 0 radical (unpaired) electrons. The topological polar surface area (TPSA) is 0 Å². The highest BCUT2D eigenvalue weighted by Gasteiger charge is 2.16. The Bertz CT molecular complexity index is 2740. The Labute approximate surface area is 254 Å². The molecule has 10 aromatic carbocycles. The van der Waals surface area contributed by atoms with E-state index < -0.39 is 0 Å². The first kappa shape index (κ1) is 23.8. The van der Waals surface area contributed by atoms with E-state index in [9.17, 15) is 0 Å². The lowest BCUT2D eigenvalue weighted by Gasteiger charge is -2.17. The Hall–Kier alpha value is -5.72. The van der Waals surface area contributed by atoms with Gasteiger partial charge in [0.05, 0.1) is 0 Å². The van der Waals surface area contributed by atoms with Crippen LogP contribution in [0.5, 0.6) is 0 Å². The molecule has 0 saturated heterocycles. The lowest BCUT2D eigenvalue weighted by atomic mass is 9.86. The van der Waals surface area contributed by atoms with Gasteiger partial charge in [-0.05, 0) is 116 Å². The predicted molar refractivity (Wildman–Crippen MR) is 191 cm³/mol. The molecule has 0 heteroatoms. The smallest absolute Gasteiger partial charge is 0.00199 e. The molecule has 0 spiro atoms. The van der Waals surface area contributed by atoms with Crippen LogP contribution in [-0.2, 0) is 0 Å². The molecule has 0 bridgehead atoms. The molecule has 0 unspecified atom stereocenters. The van der Waals surface area contributed by atoms with Gasteiger partial charge in [-0.3, -0.25) is 0 Å². The molecule has 10 rings (SSSR count). The molecule has 0 aliphatic heterocycles. The van der Waals surface area contributed by atoms with Crippen LogP contribution in [0.4, 0.5) is 0 Å². The van der Waals surface area contributed by atoms with E-state index in [0.717, 1.165) is 0 Å². The molecule has 44 heavy (non-hydrogen) atoms. The van der Waals surface area contributed by atoms with E-state index in [0.29, 0.717) is 0 Å². The molecule has 0 aromatic heterocycles. The fourth-order valence-corrected chi connectivity index (χ4v) is 7.67. The standard InChI is InChI=1S/C44H26/c1-2-7-33-24-34(22-18-27(33)6-1)28-14-16-29(17-15-28)36-25-35-23-21-32-9-4-12-38-37-11-3-8-30-19-20-31-10-5-13-39(43(31)41(30)37)40(26-36)44(35)42(32)38/h1-26H. The first-order valence-corrected chi connectivity index (χ1v) is 15.3. The molecule has 10 aromatic rings. The molecule has 0 heterocycles. The zero-order chi connectivity index (χ0) is 28.8. The second-order valence-electron chi connectivity index (χ2n) is 12.1.